The Kier molecular flexibility index (Phi) is 4.33. The lowest BCUT2D eigenvalue weighted by Gasteiger charge is -2.10. The van der Waals surface area contributed by atoms with Gasteiger partial charge in [-0.1, -0.05) is 12.1 Å². The summed E-state index contributed by atoms with van der Waals surface area (Å²) in [5.74, 6) is 1.67. The number of hydrogen-bond donors (Lipinski definition) is 1. The first-order chi connectivity index (χ1) is 11.6. The van der Waals surface area contributed by atoms with Gasteiger partial charge in [-0.3, -0.25) is 10.1 Å². The van der Waals surface area contributed by atoms with Crippen LogP contribution in [0.5, 0.6) is 11.6 Å². The van der Waals surface area contributed by atoms with Crippen LogP contribution in [0.15, 0.2) is 60.9 Å². The topological polar surface area (TPSA) is 90.2 Å². The average Bonchev–Trinajstić information content (AvgIpc) is 2.58. The first-order valence-corrected chi connectivity index (χ1v) is 7.19. The van der Waals surface area contributed by atoms with Gasteiger partial charge in [-0.05, 0) is 30.7 Å². The lowest BCUT2D eigenvalue weighted by atomic mass is 10.2. The molecule has 3 aromatic rings. The molecular weight excluding hydrogens is 308 g/mol. The van der Waals surface area contributed by atoms with Gasteiger partial charge in [0.25, 0.3) is 5.69 Å². The van der Waals surface area contributed by atoms with E-state index in [1.807, 2.05) is 30.3 Å². The van der Waals surface area contributed by atoms with Crippen LogP contribution >= 0.6 is 0 Å². The van der Waals surface area contributed by atoms with Crippen molar-refractivity contribution in [2.24, 2.45) is 0 Å². The first kappa shape index (κ1) is 15.4. The number of nitrogens with zero attached hydrogens (tertiary/aromatic N) is 3. The number of anilines is 2. The zero-order chi connectivity index (χ0) is 16.9. The quantitative estimate of drug-likeness (QED) is 0.558. The molecule has 0 aliphatic heterocycles. The summed E-state index contributed by atoms with van der Waals surface area (Å²) in [7, 11) is 0. The third-order valence-corrected chi connectivity index (χ3v) is 3.23. The van der Waals surface area contributed by atoms with Crippen molar-refractivity contribution in [3.05, 3.63) is 76.6 Å². The van der Waals surface area contributed by atoms with E-state index in [0.717, 1.165) is 5.69 Å². The molecule has 7 heteroatoms. The number of pyridine rings is 2. The average molecular weight is 322 g/mol. The van der Waals surface area contributed by atoms with Crippen LogP contribution in [-0.4, -0.2) is 14.9 Å². The van der Waals surface area contributed by atoms with Crippen LogP contribution in [0.2, 0.25) is 0 Å². The van der Waals surface area contributed by atoms with Crippen LogP contribution in [-0.2, 0) is 0 Å². The maximum atomic E-state index is 10.8. The molecule has 0 bridgehead atoms. The molecule has 1 aromatic carbocycles. The second-order valence-corrected chi connectivity index (χ2v) is 5.04. The molecule has 1 N–H and O–H groups in total. The van der Waals surface area contributed by atoms with Crippen molar-refractivity contribution in [1.29, 1.82) is 0 Å². The standard InChI is InChI=1S/C17H14N4O3/c1-12-9-14(21(22)23)11-19-17(12)20-13-5-4-6-15(10-13)24-16-7-2-3-8-18-16/h2-11H,1H3,(H,19,20). The van der Waals surface area contributed by atoms with E-state index in [-0.39, 0.29) is 5.69 Å². The lowest BCUT2D eigenvalue weighted by molar-refractivity contribution is -0.385. The third kappa shape index (κ3) is 3.64. The highest BCUT2D eigenvalue weighted by Gasteiger charge is 2.10. The van der Waals surface area contributed by atoms with Gasteiger partial charge in [-0.2, -0.15) is 0 Å². The van der Waals surface area contributed by atoms with Gasteiger partial charge < -0.3 is 10.1 Å². The molecule has 0 aliphatic carbocycles. The Labute approximate surface area is 138 Å². The Bertz CT molecular complexity index is 869. The van der Waals surface area contributed by atoms with Gasteiger partial charge in [0.1, 0.15) is 17.8 Å². The first-order valence-electron chi connectivity index (χ1n) is 7.19. The normalized spacial score (nSPS) is 10.2. The predicted molar refractivity (Wildman–Crippen MR) is 89.7 cm³/mol. The van der Waals surface area contributed by atoms with Gasteiger partial charge in [-0.15, -0.1) is 0 Å². The van der Waals surface area contributed by atoms with Gasteiger partial charge in [0.2, 0.25) is 5.88 Å². The molecule has 0 saturated carbocycles. The van der Waals surface area contributed by atoms with Crippen molar-refractivity contribution in [3.8, 4) is 11.6 Å². The van der Waals surface area contributed by atoms with E-state index in [2.05, 4.69) is 15.3 Å². The Morgan fingerprint density at radius 3 is 2.71 bits per heavy atom. The molecular formula is C17H14N4O3. The van der Waals surface area contributed by atoms with Gasteiger partial charge >= 0.3 is 0 Å². The number of nitro groups is 1. The van der Waals surface area contributed by atoms with Gasteiger partial charge in [-0.25, -0.2) is 9.97 Å². The van der Waals surface area contributed by atoms with Crippen LogP contribution < -0.4 is 10.1 Å². The molecule has 0 amide bonds. The van der Waals surface area contributed by atoms with Gasteiger partial charge in [0, 0.05) is 30.1 Å². The second kappa shape index (κ2) is 6.74. The number of hydrogen-bond acceptors (Lipinski definition) is 6. The Morgan fingerprint density at radius 2 is 2.00 bits per heavy atom. The zero-order valence-corrected chi connectivity index (χ0v) is 12.8. The van der Waals surface area contributed by atoms with E-state index in [4.69, 9.17) is 4.74 Å². The van der Waals surface area contributed by atoms with E-state index in [1.165, 1.54) is 12.3 Å². The highest BCUT2D eigenvalue weighted by Crippen LogP contribution is 2.26. The molecule has 0 fully saturated rings. The van der Waals surface area contributed by atoms with E-state index >= 15 is 0 Å². The van der Waals surface area contributed by atoms with Crippen molar-refractivity contribution >= 4 is 17.2 Å². The molecule has 0 saturated heterocycles. The predicted octanol–water partition coefficient (Wildman–Crippen LogP) is 4.23. The third-order valence-electron chi connectivity index (χ3n) is 3.23. The smallest absolute Gasteiger partial charge is 0.287 e. The molecule has 3 rings (SSSR count). The summed E-state index contributed by atoms with van der Waals surface area (Å²) in [6.07, 6.45) is 2.88. The molecule has 0 aliphatic rings. The van der Waals surface area contributed by atoms with Crippen molar-refractivity contribution < 1.29 is 9.66 Å². The molecule has 120 valence electrons. The van der Waals surface area contributed by atoms with Crippen LogP contribution in [0.4, 0.5) is 17.2 Å². The summed E-state index contributed by atoms with van der Waals surface area (Å²) in [6.45, 7) is 1.76. The van der Waals surface area contributed by atoms with E-state index in [9.17, 15) is 10.1 Å². The van der Waals surface area contributed by atoms with Crippen molar-refractivity contribution in [1.82, 2.24) is 9.97 Å². The Balaban J connectivity index is 1.78. The van der Waals surface area contributed by atoms with Crippen molar-refractivity contribution in [2.75, 3.05) is 5.32 Å². The number of aromatic nitrogens is 2. The van der Waals surface area contributed by atoms with Gasteiger partial charge in [0.15, 0.2) is 0 Å². The highest BCUT2D eigenvalue weighted by atomic mass is 16.6. The minimum Gasteiger partial charge on any atom is -0.439 e. The van der Waals surface area contributed by atoms with Crippen molar-refractivity contribution in [3.63, 3.8) is 0 Å². The Hall–Kier alpha value is -3.48. The SMILES string of the molecule is Cc1cc([N+](=O)[O-])cnc1Nc1cccc(Oc2ccccn2)c1. The fourth-order valence-corrected chi connectivity index (χ4v) is 2.09. The Morgan fingerprint density at radius 1 is 1.12 bits per heavy atom. The van der Waals surface area contributed by atoms with Crippen LogP contribution in [0, 0.1) is 17.0 Å². The maximum Gasteiger partial charge on any atom is 0.287 e. The molecule has 0 unspecified atom stereocenters. The largest absolute Gasteiger partial charge is 0.439 e. The number of benzene rings is 1. The summed E-state index contributed by atoms with van der Waals surface area (Å²) in [6, 6.07) is 14.2. The lowest BCUT2D eigenvalue weighted by Crippen LogP contribution is -1.98. The summed E-state index contributed by atoms with van der Waals surface area (Å²) in [5.41, 5.74) is 1.40. The molecule has 2 heterocycles. The molecule has 0 spiro atoms. The minimum absolute atomic E-state index is 0.0368. The van der Waals surface area contributed by atoms with Crippen LogP contribution in [0.1, 0.15) is 5.56 Å². The zero-order valence-electron chi connectivity index (χ0n) is 12.8. The molecule has 0 radical (unpaired) electrons. The number of rotatable bonds is 5. The van der Waals surface area contributed by atoms with E-state index < -0.39 is 4.92 Å². The molecule has 0 atom stereocenters. The highest BCUT2D eigenvalue weighted by molar-refractivity contribution is 5.62. The summed E-state index contributed by atoms with van der Waals surface area (Å²) in [5, 5.41) is 13.9. The second-order valence-electron chi connectivity index (χ2n) is 5.04. The number of nitrogens with one attached hydrogen (secondary N) is 1. The molecule has 24 heavy (non-hydrogen) atoms. The fourth-order valence-electron chi connectivity index (χ4n) is 2.09. The summed E-state index contributed by atoms with van der Waals surface area (Å²) >= 11 is 0. The number of aryl methyl sites for hydroxylation is 1. The van der Waals surface area contributed by atoms with E-state index in [0.29, 0.717) is 23.0 Å². The minimum atomic E-state index is -0.467. The number of ether oxygens (including phenoxy) is 1. The van der Waals surface area contributed by atoms with E-state index in [1.54, 1.807) is 25.3 Å². The fraction of sp³-hybridized carbons (Fsp3) is 0.0588. The molecule has 7 nitrogen and oxygen atoms in total. The summed E-state index contributed by atoms with van der Waals surface area (Å²) in [4.78, 5) is 18.5. The maximum absolute atomic E-state index is 10.8. The monoisotopic (exact) mass is 322 g/mol. The van der Waals surface area contributed by atoms with Crippen LogP contribution in [0.3, 0.4) is 0 Å². The summed E-state index contributed by atoms with van der Waals surface area (Å²) < 4.78 is 5.68. The van der Waals surface area contributed by atoms with Crippen LogP contribution in [0.25, 0.3) is 0 Å². The molecule has 2 aromatic heterocycles. The van der Waals surface area contributed by atoms with Gasteiger partial charge in [0.05, 0.1) is 4.92 Å². The van der Waals surface area contributed by atoms with Crippen molar-refractivity contribution in [2.45, 2.75) is 6.92 Å².